The number of aromatic nitrogens is 4. The summed E-state index contributed by atoms with van der Waals surface area (Å²) < 4.78 is 4.64. The molecule has 0 unspecified atom stereocenters. The van der Waals surface area contributed by atoms with Gasteiger partial charge in [-0.05, 0) is 97.7 Å². The number of aromatic amines is 2. The van der Waals surface area contributed by atoms with Gasteiger partial charge in [0.2, 0.25) is 11.8 Å². The number of fused-ring (bicyclic) bond motifs is 1. The lowest BCUT2D eigenvalue weighted by atomic mass is 9.81. The molecule has 234 valence electrons. The third-order valence-corrected chi connectivity index (χ3v) is 8.74. The average Bonchev–Trinajstić information content (AvgIpc) is 3.70. The predicted molar refractivity (Wildman–Crippen MR) is 175 cm³/mol. The van der Waals surface area contributed by atoms with Crippen molar-refractivity contribution in [1.82, 2.24) is 20.3 Å². The molecule has 0 radical (unpaired) electrons. The zero-order chi connectivity index (χ0) is 30.8. The smallest absolute Gasteiger partial charge is 0.368 e. The number of carbonyl (C=O) groups is 2. The number of nitrogens with zero attached hydrogens (tertiary/aromatic N) is 3. The number of amides is 2. The van der Waals surface area contributed by atoms with E-state index in [4.69, 9.17) is 11.5 Å². The van der Waals surface area contributed by atoms with Crippen LogP contribution in [-0.2, 0) is 16.0 Å². The van der Waals surface area contributed by atoms with Crippen LogP contribution < -0.4 is 22.1 Å². The summed E-state index contributed by atoms with van der Waals surface area (Å²) in [4.78, 5) is 43.0. The highest BCUT2D eigenvalue weighted by Crippen LogP contribution is 2.34. The van der Waals surface area contributed by atoms with Crippen LogP contribution in [0.2, 0.25) is 0 Å². The number of carbonyl (C=O) groups excluding carboxylic acids is 2. The molecule has 12 heteroatoms. The first-order valence-corrected chi connectivity index (χ1v) is 14.8. The SMILES string of the molecule is Cc1ccc2[nH]ncc2c1-c1cccc(C[C@@H](C(N)=O)N(c2ccc(-c3noc(=O)[nH]3)cc2)C(=O)[C@H]2CC[C@H](CN)CC2)c1.Cl. The molecule has 1 aliphatic carbocycles. The molecule has 1 aliphatic rings. The number of nitrogens with two attached hydrogens (primary N) is 2. The maximum Gasteiger partial charge on any atom is 0.439 e. The molecule has 11 nitrogen and oxygen atoms in total. The Labute approximate surface area is 265 Å². The van der Waals surface area contributed by atoms with E-state index in [1.54, 1.807) is 29.2 Å². The summed E-state index contributed by atoms with van der Waals surface area (Å²) in [6.45, 7) is 2.65. The summed E-state index contributed by atoms with van der Waals surface area (Å²) in [7, 11) is 0. The van der Waals surface area contributed by atoms with Crippen molar-refractivity contribution >= 4 is 40.8 Å². The topological polar surface area (TPSA) is 177 Å². The lowest BCUT2D eigenvalue weighted by Crippen LogP contribution is -2.52. The summed E-state index contributed by atoms with van der Waals surface area (Å²) in [5, 5.41) is 12.0. The van der Waals surface area contributed by atoms with E-state index in [-0.39, 0.29) is 36.5 Å². The molecule has 5 aromatic rings. The average molecular weight is 630 g/mol. The van der Waals surface area contributed by atoms with Crippen molar-refractivity contribution in [3.8, 4) is 22.5 Å². The van der Waals surface area contributed by atoms with Crippen LogP contribution in [0.3, 0.4) is 0 Å². The van der Waals surface area contributed by atoms with Crippen LogP contribution in [0.1, 0.15) is 36.8 Å². The number of hydrogen-bond acceptors (Lipinski definition) is 7. The number of primary amides is 1. The Morgan fingerprint density at radius 1 is 1.04 bits per heavy atom. The lowest BCUT2D eigenvalue weighted by Gasteiger charge is -2.35. The Kier molecular flexibility index (Phi) is 9.50. The highest BCUT2D eigenvalue weighted by molar-refractivity contribution is 6.02. The molecule has 0 aliphatic heterocycles. The fraction of sp³-hybridized carbons (Fsp3) is 0.303. The van der Waals surface area contributed by atoms with Crippen LogP contribution in [0, 0.1) is 18.8 Å². The zero-order valence-electron chi connectivity index (χ0n) is 24.9. The minimum Gasteiger partial charge on any atom is -0.368 e. The van der Waals surface area contributed by atoms with Gasteiger partial charge in [-0.3, -0.25) is 29.1 Å². The highest BCUT2D eigenvalue weighted by atomic mass is 35.5. The van der Waals surface area contributed by atoms with Gasteiger partial charge >= 0.3 is 5.76 Å². The van der Waals surface area contributed by atoms with E-state index < -0.39 is 17.7 Å². The van der Waals surface area contributed by atoms with Crippen LogP contribution in [0.25, 0.3) is 33.4 Å². The first-order valence-electron chi connectivity index (χ1n) is 14.8. The molecular formula is C33H36ClN7O4. The number of anilines is 1. The molecule has 2 heterocycles. The number of hydrogen-bond donors (Lipinski definition) is 4. The van der Waals surface area contributed by atoms with Crippen LogP contribution in [-0.4, -0.2) is 44.7 Å². The number of nitrogens with one attached hydrogen (secondary N) is 2. The largest absolute Gasteiger partial charge is 0.439 e. The lowest BCUT2D eigenvalue weighted by molar-refractivity contribution is -0.127. The van der Waals surface area contributed by atoms with Crippen LogP contribution in [0.5, 0.6) is 0 Å². The molecule has 1 atom stereocenters. The Hall–Kier alpha value is -4.74. The summed E-state index contributed by atoms with van der Waals surface area (Å²) in [6.07, 6.45) is 5.16. The Morgan fingerprint density at radius 2 is 1.80 bits per heavy atom. The second-order valence-electron chi connectivity index (χ2n) is 11.6. The van der Waals surface area contributed by atoms with Gasteiger partial charge in [-0.1, -0.05) is 35.5 Å². The second-order valence-corrected chi connectivity index (χ2v) is 11.6. The van der Waals surface area contributed by atoms with Gasteiger partial charge in [-0.15, -0.1) is 12.4 Å². The molecule has 1 saturated carbocycles. The van der Waals surface area contributed by atoms with Gasteiger partial charge in [-0.2, -0.15) is 5.10 Å². The van der Waals surface area contributed by atoms with Gasteiger partial charge in [0.25, 0.3) is 0 Å². The second kappa shape index (κ2) is 13.5. The van der Waals surface area contributed by atoms with Crippen molar-refractivity contribution in [1.29, 1.82) is 0 Å². The van der Waals surface area contributed by atoms with Crippen molar-refractivity contribution in [2.75, 3.05) is 11.4 Å². The van der Waals surface area contributed by atoms with Gasteiger partial charge < -0.3 is 11.5 Å². The van der Waals surface area contributed by atoms with E-state index in [1.165, 1.54) is 0 Å². The van der Waals surface area contributed by atoms with Gasteiger partial charge in [0.15, 0.2) is 5.82 Å². The molecule has 6 rings (SSSR count). The predicted octanol–water partition coefficient (Wildman–Crippen LogP) is 4.50. The molecule has 0 bridgehead atoms. The van der Waals surface area contributed by atoms with Crippen molar-refractivity contribution in [3.63, 3.8) is 0 Å². The molecule has 0 saturated heterocycles. The first-order chi connectivity index (χ1) is 21.3. The van der Waals surface area contributed by atoms with E-state index in [0.29, 0.717) is 36.6 Å². The first kappa shape index (κ1) is 31.7. The highest BCUT2D eigenvalue weighted by Gasteiger charge is 2.36. The van der Waals surface area contributed by atoms with E-state index in [2.05, 4.69) is 31.8 Å². The summed E-state index contributed by atoms with van der Waals surface area (Å²) in [5.41, 5.74) is 18.0. The van der Waals surface area contributed by atoms with E-state index in [1.807, 2.05) is 42.6 Å². The number of rotatable bonds is 9. The quantitative estimate of drug-likeness (QED) is 0.185. The van der Waals surface area contributed by atoms with Crippen molar-refractivity contribution in [2.24, 2.45) is 23.3 Å². The standard InChI is InChI=1S/C33H35N7O4.ClH/c1-19-5-14-27-26(18-36-38-27)29(19)24-4-2-3-21(15-24)16-28(30(35)41)40(32(42)23-8-6-20(17-34)7-9-23)25-12-10-22(11-13-25)31-37-33(43)44-39-31;/h2-5,10-15,18,20,23,28H,6-9,16-17,34H2,1H3,(H2,35,41)(H,36,38)(H,37,39,43);1H/t20-,23-,28-;/m0./s1. The van der Waals surface area contributed by atoms with E-state index in [9.17, 15) is 14.4 Å². The van der Waals surface area contributed by atoms with Gasteiger partial charge in [-0.25, -0.2) is 4.79 Å². The van der Waals surface area contributed by atoms with Gasteiger partial charge in [0.1, 0.15) is 6.04 Å². The molecule has 0 spiro atoms. The monoisotopic (exact) mass is 629 g/mol. The third-order valence-electron chi connectivity index (χ3n) is 8.74. The number of H-pyrrole nitrogens is 2. The van der Waals surface area contributed by atoms with Crippen molar-refractivity contribution < 1.29 is 14.1 Å². The fourth-order valence-electron chi connectivity index (χ4n) is 6.34. The Morgan fingerprint density at radius 3 is 2.47 bits per heavy atom. The van der Waals surface area contributed by atoms with Gasteiger partial charge in [0, 0.05) is 29.0 Å². The Balaban J connectivity index is 0.00000400. The maximum atomic E-state index is 14.2. The van der Waals surface area contributed by atoms with Crippen LogP contribution in [0.4, 0.5) is 5.69 Å². The molecule has 45 heavy (non-hydrogen) atoms. The summed E-state index contributed by atoms with van der Waals surface area (Å²) in [6, 6.07) is 18.0. The number of benzene rings is 3. The molecule has 1 fully saturated rings. The Bertz CT molecular complexity index is 1850. The molecule has 2 amide bonds. The van der Waals surface area contributed by atoms with Crippen molar-refractivity contribution in [3.05, 3.63) is 88.5 Å². The maximum absolute atomic E-state index is 14.2. The molecule has 6 N–H and O–H groups in total. The van der Waals surface area contributed by atoms with Crippen molar-refractivity contribution in [2.45, 2.75) is 45.1 Å². The fourth-order valence-corrected chi connectivity index (χ4v) is 6.34. The zero-order valence-corrected chi connectivity index (χ0v) is 25.7. The number of aryl methyl sites for hydroxylation is 1. The number of halogens is 1. The third kappa shape index (κ3) is 6.54. The normalized spacial score (nSPS) is 17.0. The van der Waals surface area contributed by atoms with E-state index in [0.717, 1.165) is 46.0 Å². The minimum absolute atomic E-state index is 0. The summed E-state index contributed by atoms with van der Waals surface area (Å²) >= 11 is 0. The van der Waals surface area contributed by atoms with Crippen LogP contribution >= 0.6 is 12.4 Å². The van der Waals surface area contributed by atoms with Gasteiger partial charge in [0.05, 0.1) is 11.7 Å². The van der Waals surface area contributed by atoms with E-state index >= 15 is 0 Å². The molecular weight excluding hydrogens is 594 g/mol. The minimum atomic E-state index is -0.937. The molecule has 3 aromatic carbocycles. The summed E-state index contributed by atoms with van der Waals surface area (Å²) in [5.74, 6) is -0.984. The molecule has 2 aromatic heterocycles. The van der Waals surface area contributed by atoms with Crippen LogP contribution in [0.15, 0.2) is 76.2 Å².